The first-order chi connectivity index (χ1) is 12.3. The minimum atomic E-state index is -0.748. The summed E-state index contributed by atoms with van der Waals surface area (Å²) in [7, 11) is 1.51. The molecule has 1 N–H and O–H groups in total. The highest BCUT2D eigenvalue weighted by Crippen LogP contribution is 2.29. The Balaban J connectivity index is 1.96. The Bertz CT molecular complexity index is 1060. The Morgan fingerprint density at radius 3 is 2.81 bits per heavy atom. The van der Waals surface area contributed by atoms with Crippen LogP contribution in [0.4, 0.5) is 5.69 Å². The van der Waals surface area contributed by atoms with Crippen LogP contribution in [0.25, 0.3) is 10.2 Å². The molecule has 0 saturated carbocycles. The molecule has 1 aromatic carbocycles. The summed E-state index contributed by atoms with van der Waals surface area (Å²) in [4.78, 5) is 31.6. The Morgan fingerprint density at radius 2 is 2.12 bits per heavy atom. The van der Waals surface area contributed by atoms with E-state index in [2.05, 4.69) is 10.3 Å². The van der Waals surface area contributed by atoms with Gasteiger partial charge in [0.15, 0.2) is 0 Å². The fraction of sp³-hybridized carbons (Fsp3) is 0.278. The van der Waals surface area contributed by atoms with E-state index in [1.165, 1.54) is 29.3 Å². The summed E-state index contributed by atoms with van der Waals surface area (Å²) in [5.41, 5.74) is 1.13. The van der Waals surface area contributed by atoms with Crippen molar-refractivity contribution in [2.24, 2.45) is 0 Å². The van der Waals surface area contributed by atoms with Crippen LogP contribution in [-0.4, -0.2) is 22.6 Å². The van der Waals surface area contributed by atoms with Crippen molar-refractivity contribution in [3.8, 4) is 5.75 Å². The third kappa shape index (κ3) is 3.20. The third-order valence-corrected chi connectivity index (χ3v) is 5.68. The number of anilines is 1. The number of rotatable bonds is 4. The van der Waals surface area contributed by atoms with E-state index < -0.39 is 6.04 Å². The summed E-state index contributed by atoms with van der Waals surface area (Å²) in [5, 5.41) is 3.80. The first-order valence-corrected chi connectivity index (χ1v) is 9.14. The summed E-state index contributed by atoms with van der Waals surface area (Å²) in [6.45, 7) is 5.49. The summed E-state index contributed by atoms with van der Waals surface area (Å²) < 4.78 is 6.57. The van der Waals surface area contributed by atoms with Gasteiger partial charge in [0, 0.05) is 9.90 Å². The van der Waals surface area contributed by atoms with Gasteiger partial charge in [0.2, 0.25) is 5.91 Å². The van der Waals surface area contributed by atoms with E-state index in [1.54, 1.807) is 25.1 Å². The van der Waals surface area contributed by atoms with Crippen molar-refractivity contribution >= 4 is 44.7 Å². The van der Waals surface area contributed by atoms with E-state index in [1.807, 2.05) is 13.8 Å². The first kappa shape index (κ1) is 18.4. The molecule has 0 bridgehead atoms. The molecule has 3 aromatic rings. The van der Waals surface area contributed by atoms with Gasteiger partial charge in [0.25, 0.3) is 5.56 Å². The normalized spacial score (nSPS) is 12.2. The maximum Gasteiger partial charge on any atom is 0.263 e. The van der Waals surface area contributed by atoms with Crippen LogP contribution in [0.1, 0.15) is 23.4 Å². The zero-order valence-corrected chi connectivity index (χ0v) is 16.4. The number of ether oxygens (including phenoxy) is 1. The number of fused-ring (bicyclic) bond motifs is 1. The number of nitrogens with one attached hydrogen (secondary N) is 1. The number of halogens is 1. The molecule has 2 aromatic heterocycles. The van der Waals surface area contributed by atoms with Crippen LogP contribution in [-0.2, 0) is 4.79 Å². The van der Waals surface area contributed by atoms with Crippen LogP contribution in [0.2, 0.25) is 5.02 Å². The monoisotopic (exact) mass is 391 g/mol. The van der Waals surface area contributed by atoms with Crippen LogP contribution in [0.5, 0.6) is 5.75 Å². The number of amides is 1. The predicted octanol–water partition coefficient (Wildman–Crippen LogP) is 3.94. The maximum atomic E-state index is 12.8. The van der Waals surface area contributed by atoms with Gasteiger partial charge in [-0.1, -0.05) is 11.6 Å². The van der Waals surface area contributed by atoms with Crippen molar-refractivity contribution in [2.75, 3.05) is 12.4 Å². The molecule has 0 radical (unpaired) electrons. The molecule has 8 heteroatoms. The minimum Gasteiger partial charge on any atom is -0.495 e. The van der Waals surface area contributed by atoms with Gasteiger partial charge in [0.1, 0.15) is 16.6 Å². The van der Waals surface area contributed by atoms with Gasteiger partial charge < -0.3 is 10.1 Å². The van der Waals surface area contributed by atoms with Gasteiger partial charge in [-0.3, -0.25) is 14.2 Å². The van der Waals surface area contributed by atoms with Crippen molar-refractivity contribution in [2.45, 2.75) is 26.8 Å². The lowest BCUT2D eigenvalue weighted by molar-refractivity contribution is -0.118. The summed E-state index contributed by atoms with van der Waals surface area (Å²) in [5.74, 6) is 0.124. The largest absolute Gasteiger partial charge is 0.495 e. The molecule has 2 heterocycles. The summed E-state index contributed by atoms with van der Waals surface area (Å²) >= 11 is 7.47. The van der Waals surface area contributed by atoms with Crippen LogP contribution < -0.4 is 15.6 Å². The molecular formula is C18H18ClN3O3S. The molecule has 0 aliphatic rings. The number of benzene rings is 1. The van der Waals surface area contributed by atoms with Crippen molar-refractivity contribution in [1.82, 2.24) is 9.55 Å². The van der Waals surface area contributed by atoms with Gasteiger partial charge in [-0.05, 0) is 44.5 Å². The van der Waals surface area contributed by atoms with Crippen molar-refractivity contribution in [1.29, 1.82) is 0 Å². The van der Waals surface area contributed by atoms with E-state index in [0.29, 0.717) is 26.7 Å². The van der Waals surface area contributed by atoms with Crippen molar-refractivity contribution in [3.05, 3.63) is 50.3 Å². The Labute approximate surface area is 159 Å². The van der Waals surface area contributed by atoms with Crippen LogP contribution >= 0.6 is 22.9 Å². The molecule has 0 saturated heterocycles. The fourth-order valence-electron chi connectivity index (χ4n) is 2.67. The second kappa shape index (κ2) is 7.09. The second-order valence-electron chi connectivity index (χ2n) is 5.93. The predicted molar refractivity (Wildman–Crippen MR) is 105 cm³/mol. The van der Waals surface area contributed by atoms with E-state index in [0.717, 1.165) is 10.4 Å². The number of thiophene rings is 1. The van der Waals surface area contributed by atoms with Gasteiger partial charge in [-0.25, -0.2) is 4.98 Å². The highest BCUT2D eigenvalue weighted by molar-refractivity contribution is 7.18. The van der Waals surface area contributed by atoms with Gasteiger partial charge >= 0.3 is 0 Å². The highest BCUT2D eigenvalue weighted by atomic mass is 35.5. The molecule has 6 nitrogen and oxygen atoms in total. The molecule has 26 heavy (non-hydrogen) atoms. The van der Waals surface area contributed by atoms with Gasteiger partial charge in [-0.2, -0.15) is 0 Å². The SMILES string of the molecule is COc1ccc(Cl)cc1NC(=O)[C@@H](C)n1cnc2sc(C)c(C)c2c1=O. The summed E-state index contributed by atoms with van der Waals surface area (Å²) in [6.07, 6.45) is 1.42. The number of hydrogen-bond acceptors (Lipinski definition) is 5. The average Bonchev–Trinajstić information content (AvgIpc) is 2.90. The smallest absolute Gasteiger partial charge is 0.263 e. The van der Waals surface area contributed by atoms with E-state index in [4.69, 9.17) is 16.3 Å². The van der Waals surface area contributed by atoms with E-state index >= 15 is 0 Å². The van der Waals surface area contributed by atoms with Gasteiger partial charge in [0.05, 0.1) is 24.5 Å². The maximum absolute atomic E-state index is 12.8. The van der Waals surface area contributed by atoms with Crippen LogP contribution in [0, 0.1) is 13.8 Å². The van der Waals surface area contributed by atoms with Crippen molar-refractivity contribution < 1.29 is 9.53 Å². The Hall–Kier alpha value is -2.38. The topological polar surface area (TPSA) is 73.2 Å². The van der Waals surface area contributed by atoms with Crippen molar-refractivity contribution in [3.63, 3.8) is 0 Å². The lowest BCUT2D eigenvalue weighted by atomic mass is 10.2. The number of aromatic nitrogens is 2. The van der Waals surface area contributed by atoms with E-state index in [-0.39, 0.29) is 11.5 Å². The molecule has 0 unspecified atom stereocenters. The molecule has 136 valence electrons. The second-order valence-corrected chi connectivity index (χ2v) is 7.57. The molecular weight excluding hydrogens is 374 g/mol. The molecule has 1 atom stereocenters. The van der Waals surface area contributed by atoms with Crippen LogP contribution in [0.15, 0.2) is 29.3 Å². The average molecular weight is 392 g/mol. The van der Waals surface area contributed by atoms with E-state index in [9.17, 15) is 9.59 Å². The fourth-order valence-corrected chi connectivity index (χ4v) is 3.82. The number of hydrogen-bond donors (Lipinski definition) is 1. The standard InChI is InChI=1S/C18H18ClN3O3S/c1-9-11(3)26-17-15(9)18(24)22(8-20-17)10(2)16(23)21-13-7-12(19)5-6-14(13)25-4/h5-8,10H,1-4H3,(H,21,23)/t10-/m1/s1. The number of methoxy groups -OCH3 is 1. The number of nitrogens with zero attached hydrogens (tertiary/aromatic N) is 2. The molecule has 3 rings (SSSR count). The number of carbonyl (C=O) groups is 1. The van der Waals surface area contributed by atoms with Gasteiger partial charge in [-0.15, -0.1) is 11.3 Å². The molecule has 0 fully saturated rings. The minimum absolute atomic E-state index is 0.224. The number of aryl methyl sites for hydroxylation is 2. The molecule has 0 spiro atoms. The lowest BCUT2D eigenvalue weighted by Gasteiger charge is -2.16. The molecule has 0 aliphatic carbocycles. The molecule has 0 aliphatic heterocycles. The number of carbonyl (C=O) groups excluding carboxylic acids is 1. The lowest BCUT2D eigenvalue weighted by Crippen LogP contribution is -2.31. The highest BCUT2D eigenvalue weighted by Gasteiger charge is 2.21. The Morgan fingerprint density at radius 1 is 1.38 bits per heavy atom. The Kier molecular flexibility index (Phi) is 5.02. The quantitative estimate of drug-likeness (QED) is 0.731. The zero-order chi connectivity index (χ0) is 19.0. The van der Waals surface area contributed by atoms with Crippen LogP contribution in [0.3, 0.4) is 0 Å². The summed E-state index contributed by atoms with van der Waals surface area (Å²) in [6, 6.07) is 4.19. The third-order valence-electron chi connectivity index (χ3n) is 4.33. The first-order valence-electron chi connectivity index (χ1n) is 7.94. The zero-order valence-electron chi connectivity index (χ0n) is 14.8. The molecule has 1 amide bonds.